The summed E-state index contributed by atoms with van der Waals surface area (Å²) >= 11 is 3.41. The Hall–Kier alpha value is -2.34. The minimum Gasteiger partial charge on any atom is -0.497 e. The van der Waals surface area contributed by atoms with Gasteiger partial charge in [-0.15, -0.1) is 0 Å². The summed E-state index contributed by atoms with van der Waals surface area (Å²) in [6.07, 6.45) is 1.55. The molecule has 0 aromatic heterocycles. The highest BCUT2D eigenvalue weighted by Crippen LogP contribution is 2.19. The lowest BCUT2D eigenvalue weighted by atomic mass is 10.2. The number of carbonyl (C=O) groups is 1. The predicted molar refractivity (Wildman–Crippen MR) is 91.6 cm³/mol. The molecule has 5 nitrogen and oxygen atoms in total. The van der Waals surface area contributed by atoms with Crippen LogP contribution >= 0.6 is 15.9 Å². The molecule has 0 spiro atoms. The summed E-state index contributed by atoms with van der Waals surface area (Å²) in [6, 6.07) is 12.5. The SMILES string of the molecule is COc1cccc(/C=N/NC(=O)Nc2ccc(Br)c(C)c2)c1. The van der Waals surface area contributed by atoms with E-state index in [1.165, 1.54) is 0 Å². The highest BCUT2D eigenvalue weighted by Gasteiger charge is 2.02. The fraction of sp³-hybridized carbons (Fsp3) is 0.125. The van der Waals surface area contributed by atoms with Crippen LogP contribution in [0.25, 0.3) is 0 Å². The number of nitrogens with zero attached hydrogens (tertiary/aromatic N) is 1. The molecule has 6 heteroatoms. The Kier molecular flexibility index (Phi) is 5.55. The maximum absolute atomic E-state index is 11.7. The van der Waals surface area contributed by atoms with Crippen LogP contribution in [0.4, 0.5) is 10.5 Å². The third-order valence-corrected chi connectivity index (χ3v) is 3.78. The molecular formula is C16H16BrN3O2. The molecule has 2 rings (SSSR count). The zero-order chi connectivity index (χ0) is 15.9. The summed E-state index contributed by atoms with van der Waals surface area (Å²) in [5, 5.41) is 6.61. The number of halogens is 1. The van der Waals surface area contributed by atoms with E-state index in [9.17, 15) is 4.79 Å². The van der Waals surface area contributed by atoms with Crippen LogP contribution in [0.2, 0.25) is 0 Å². The summed E-state index contributed by atoms with van der Waals surface area (Å²) in [6.45, 7) is 1.95. The number of hydrogen-bond donors (Lipinski definition) is 2. The quantitative estimate of drug-likeness (QED) is 0.640. The van der Waals surface area contributed by atoms with E-state index in [2.05, 4.69) is 31.8 Å². The van der Waals surface area contributed by atoms with Gasteiger partial charge in [-0.25, -0.2) is 10.2 Å². The van der Waals surface area contributed by atoms with Crippen molar-refractivity contribution in [3.8, 4) is 5.75 Å². The van der Waals surface area contributed by atoms with Gasteiger partial charge in [-0.05, 0) is 48.4 Å². The summed E-state index contributed by atoms with van der Waals surface area (Å²) in [5.74, 6) is 0.735. The summed E-state index contributed by atoms with van der Waals surface area (Å²) in [7, 11) is 1.60. The summed E-state index contributed by atoms with van der Waals surface area (Å²) in [4.78, 5) is 11.7. The van der Waals surface area contributed by atoms with E-state index in [0.29, 0.717) is 5.69 Å². The summed E-state index contributed by atoms with van der Waals surface area (Å²) < 4.78 is 6.11. The third kappa shape index (κ3) is 4.60. The van der Waals surface area contributed by atoms with E-state index in [1.54, 1.807) is 13.3 Å². The van der Waals surface area contributed by atoms with Crippen LogP contribution in [0.3, 0.4) is 0 Å². The Balaban J connectivity index is 1.91. The maximum atomic E-state index is 11.7. The van der Waals surface area contributed by atoms with Crippen LogP contribution in [-0.2, 0) is 0 Å². The minimum atomic E-state index is -0.402. The van der Waals surface area contributed by atoms with Crippen LogP contribution in [-0.4, -0.2) is 19.4 Å². The molecule has 0 heterocycles. The monoisotopic (exact) mass is 361 g/mol. The molecule has 0 saturated carbocycles. The Morgan fingerprint density at radius 2 is 2.09 bits per heavy atom. The first kappa shape index (κ1) is 16.0. The average Bonchev–Trinajstić information content (AvgIpc) is 2.51. The Bertz CT molecular complexity index is 702. The Labute approximate surface area is 137 Å². The number of anilines is 1. The van der Waals surface area contributed by atoms with E-state index < -0.39 is 6.03 Å². The van der Waals surface area contributed by atoms with Crippen molar-refractivity contribution in [1.82, 2.24) is 5.43 Å². The second-order valence-corrected chi connectivity index (χ2v) is 5.42. The Morgan fingerprint density at radius 1 is 1.27 bits per heavy atom. The molecule has 0 atom stereocenters. The zero-order valence-electron chi connectivity index (χ0n) is 12.3. The highest BCUT2D eigenvalue weighted by atomic mass is 79.9. The molecule has 22 heavy (non-hydrogen) atoms. The lowest BCUT2D eigenvalue weighted by molar-refractivity contribution is 0.252. The molecule has 0 radical (unpaired) electrons. The van der Waals surface area contributed by atoms with E-state index in [0.717, 1.165) is 21.3 Å². The van der Waals surface area contributed by atoms with Gasteiger partial charge in [-0.3, -0.25) is 0 Å². The number of methoxy groups -OCH3 is 1. The van der Waals surface area contributed by atoms with Gasteiger partial charge >= 0.3 is 6.03 Å². The standard InChI is InChI=1S/C16H16BrN3O2/c1-11-8-13(6-7-15(11)17)19-16(21)20-18-10-12-4-3-5-14(9-12)22-2/h3-10H,1-2H3,(H2,19,20,21)/b18-10+. The molecule has 2 N–H and O–H groups in total. The van der Waals surface area contributed by atoms with E-state index in [4.69, 9.17) is 4.74 Å². The molecule has 0 saturated heterocycles. The van der Waals surface area contributed by atoms with Gasteiger partial charge in [0.2, 0.25) is 0 Å². The first-order valence-electron chi connectivity index (χ1n) is 6.59. The van der Waals surface area contributed by atoms with Crippen molar-refractivity contribution in [3.05, 3.63) is 58.1 Å². The second-order valence-electron chi connectivity index (χ2n) is 4.56. The molecule has 0 fully saturated rings. The number of rotatable bonds is 4. The average molecular weight is 362 g/mol. The summed E-state index contributed by atoms with van der Waals surface area (Å²) in [5.41, 5.74) is 4.99. The van der Waals surface area contributed by atoms with E-state index in [-0.39, 0.29) is 0 Å². The van der Waals surface area contributed by atoms with Crippen molar-refractivity contribution < 1.29 is 9.53 Å². The van der Waals surface area contributed by atoms with Gasteiger partial charge in [-0.2, -0.15) is 5.10 Å². The number of nitrogens with one attached hydrogen (secondary N) is 2. The minimum absolute atomic E-state index is 0.402. The fourth-order valence-electron chi connectivity index (χ4n) is 1.77. The number of carbonyl (C=O) groups excluding carboxylic acids is 1. The number of hydrogen-bond acceptors (Lipinski definition) is 3. The van der Waals surface area contributed by atoms with Crippen LogP contribution < -0.4 is 15.5 Å². The number of benzene rings is 2. The molecule has 0 aliphatic heterocycles. The largest absolute Gasteiger partial charge is 0.497 e. The van der Waals surface area contributed by atoms with Crippen LogP contribution in [0, 0.1) is 6.92 Å². The van der Waals surface area contributed by atoms with Crippen molar-refractivity contribution in [3.63, 3.8) is 0 Å². The molecule has 0 unspecified atom stereocenters. The normalized spacial score (nSPS) is 10.5. The predicted octanol–water partition coefficient (Wildman–Crippen LogP) is 3.92. The van der Waals surface area contributed by atoms with Gasteiger partial charge in [0, 0.05) is 10.2 Å². The van der Waals surface area contributed by atoms with Gasteiger partial charge < -0.3 is 10.1 Å². The molecule has 2 aromatic carbocycles. The van der Waals surface area contributed by atoms with Crippen LogP contribution in [0.15, 0.2) is 52.0 Å². The topological polar surface area (TPSA) is 62.7 Å². The van der Waals surface area contributed by atoms with Gasteiger partial charge in [0.25, 0.3) is 0 Å². The van der Waals surface area contributed by atoms with Gasteiger partial charge in [0.15, 0.2) is 0 Å². The maximum Gasteiger partial charge on any atom is 0.339 e. The number of ether oxygens (including phenoxy) is 1. The van der Waals surface area contributed by atoms with Crippen molar-refractivity contribution in [2.24, 2.45) is 5.10 Å². The first-order chi connectivity index (χ1) is 10.6. The smallest absolute Gasteiger partial charge is 0.339 e. The van der Waals surface area contributed by atoms with Gasteiger partial charge in [-0.1, -0.05) is 28.1 Å². The number of aryl methyl sites for hydroxylation is 1. The van der Waals surface area contributed by atoms with Crippen molar-refractivity contribution >= 4 is 33.9 Å². The van der Waals surface area contributed by atoms with Crippen molar-refractivity contribution in [1.29, 1.82) is 0 Å². The van der Waals surface area contributed by atoms with Crippen LogP contribution in [0.5, 0.6) is 5.75 Å². The molecule has 114 valence electrons. The molecule has 0 aliphatic rings. The third-order valence-electron chi connectivity index (χ3n) is 2.89. The number of urea groups is 1. The first-order valence-corrected chi connectivity index (χ1v) is 7.38. The Morgan fingerprint density at radius 3 is 2.82 bits per heavy atom. The van der Waals surface area contributed by atoms with E-state index in [1.807, 2.05) is 49.4 Å². The fourth-order valence-corrected chi connectivity index (χ4v) is 2.02. The lowest BCUT2D eigenvalue weighted by Crippen LogP contribution is -2.24. The molecule has 0 bridgehead atoms. The van der Waals surface area contributed by atoms with Crippen molar-refractivity contribution in [2.75, 3.05) is 12.4 Å². The van der Waals surface area contributed by atoms with Crippen molar-refractivity contribution in [2.45, 2.75) is 6.92 Å². The van der Waals surface area contributed by atoms with Crippen LogP contribution in [0.1, 0.15) is 11.1 Å². The molecule has 2 amide bonds. The molecular weight excluding hydrogens is 346 g/mol. The number of hydrazone groups is 1. The number of amides is 2. The highest BCUT2D eigenvalue weighted by molar-refractivity contribution is 9.10. The molecule has 0 aliphatic carbocycles. The second kappa shape index (κ2) is 7.61. The van der Waals surface area contributed by atoms with E-state index >= 15 is 0 Å². The van der Waals surface area contributed by atoms with Gasteiger partial charge in [0.1, 0.15) is 5.75 Å². The lowest BCUT2D eigenvalue weighted by Gasteiger charge is -2.06. The van der Waals surface area contributed by atoms with Gasteiger partial charge in [0.05, 0.1) is 13.3 Å². The zero-order valence-corrected chi connectivity index (χ0v) is 13.8. The molecule has 2 aromatic rings.